The summed E-state index contributed by atoms with van der Waals surface area (Å²) in [6, 6.07) is 5.29. The van der Waals surface area contributed by atoms with Crippen LogP contribution in [0, 0.1) is 5.92 Å². The summed E-state index contributed by atoms with van der Waals surface area (Å²) in [5, 5.41) is 0.595. The number of carbonyl (C=O) groups is 1. The fourth-order valence-corrected chi connectivity index (χ4v) is 3.06. The van der Waals surface area contributed by atoms with Crippen LogP contribution in [0.15, 0.2) is 18.2 Å². The zero-order valence-electron chi connectivity index (χ0n) is 9.13. The Bertz CT molecular complexity index is 469. The predicted octanol–water partition coefficient (Wildman–Crippen LogP) is 3.47. The fourth-order valence-electron chi connectivity index (χ4n) is 2.89. The maximum atomic E-state index is 12.3. The zero-order chi connectivity index (χ0) is 11.3. The average molecular weight is 237 g/mol. The van der Waals surface area contributed by atoms with Crippen molar-refractivity contribution in [3.8, 4) is 5.75 Å². The van der Waals surface area contributed by atoms with Crippen molar-refractivity contribution in [1.82, 2.24) is 0 Å². The third kappa shape index (κ3) is 1.29. The summed E-state index contributed by atoms with van der Waals surface area (Å²) in [7, 11) is 0. The first kappa shape index (κ1) is 10.2. The first-order chi connectivity index (χ1) is 7.60. The Morgan fingerprint density at radius 2 is 2.31 bits per heavy atom. The highest BCUT2D eigenvalue weighted by Gasteiger charge is 2.49. The molecule has 3 heteroatoms. The molecule has 1 aromatic carbocycles. The Morgan fingerprint density at radius 3 is 3.12 bits per heavy atom. The van der Waals surface area contributed by atoms with Crippen LogP contribution >= 0.6 is 11.6 Å². The highest BCUT2D eigenvalue weighted by atomic mass is 35.5. The smallest absolute Gasteiger partial charge is 0.173 e. The lowest BCUT2D eigenvalue weighted by Crippen LogP contribution is -2.44. The molecule has 0 aromatic heterocycles. The molecular formula is C13H13ClO2. The van der Waals surface area contributed by atoms with Crippen LogP contribution < -0.4 is 4.74 Å². The molecule has 0 saturated heterocycles. The predicted molar refractivity (Wildman–Crippen MR) is 62.2 cm³/mol. The minimum absolute atomic E-state index is 0.0125. The Morgan fingerprint density at radius 1 is 1.50 bits per heavy atom. The lowest BCUT2D eigenvalue weighted by atomic mass is 9.83. The van der Waals surface area contributed by atoms with Crippen LogP contribution in [0.1, 0.15) is 36.5 Å². The standard InChI is InChI=1S/C13H13ClO2/c1-13-6-2-3-10(13)12(15)9-7-8(14)4-5-11(9)16-13/h4-5,7,10H,2-3,6H2,1H3/t10-,13-/m0/s1. The Hall–Kier alpha value is -1.02. The molecule has 2 aliphatic rings. The van der Waals surface area contributed by atoms with E-state index in [9.17, 15) is 4.79 Å². The van der Waals surface area contributed by atoms with Gasteiger partial charge < -0.3 is 4.74 Å². The van der Waals surface area contributed by atoms with Crippen LogP contribution in [-0.4, -0.2) is 11.4 Å². The van der Waals surface area contributed by atoms with E-state index >= 15 is 0 Å². The molecule has 1 aliphatic carbocycles. The molecule has 0 spiro atoms. The summed E-state index contributed by atoms with van der Waals surface area (Å²) in [5.41, 5.74) is 0.356. The van der Waals surface area contributed by atoms with Crippen molar-refractivity contribution in [3.05, 3.63) is 28.8 Å². The van der Waals surface area contributed by atoms with Gasteiger partial charge >= 0.3 is 0 Å². The van der Waals surface area contributed by atoms with Gasteiger partial charge in [0.05, 0.1) is 11.5 Å². The van der Waals surface area contributed by atoms with Crippen LogP contribution in [0.25, 0.3) is 0 Å². The molecule has 3 rings (SSSR count). The molecule has 2 atom stereocenters. The topological polar surface area (TPSA) is 26.3 Å². The summed E-state index contributed by atoms with van der Waals surface area (Å²) in [4.78, 5) is 12.3. The molecule has 0 unspecified atom stereocenters. The Balaban J connectivity index is 2.13. The quantitative estimate of drug-likeness (QED) is 0.690. The van der Waals surface area contributed by atoms with Gasteiger partial charge in [0.25, 0.3) is 0 Å². The first-order valence-corrected chi connectivity index (χ1v) is 6.01. The highest BCUT2D eigenvalue weighted by Crippen LogP contribution is 2.46. The van der Waals surface area contributed by atoms with Gasteiger partial charge in [0, 0.05) is 5.02 Å². The number of ether oxygens (including phenoxy) is 1. The second-order valence-electron chi connectivity index (χ2n) is 4.86. The molecule has 0 radical (unpaired) electrons. The van der Waals surface area contributed by atoms with Crippen molar-refractivity contribution in [2.75, 3.05) is 0 Å². The van der Waals surface area contributed by atoms with Crippen molar-refractivity contribution in [2.45, 2.75) is 31.8 Å². The second-order valence-corrected chi connectivity index (χ2v) is 5.30. The summed E-state index contributed by atoms with van der Waals surface area (Å²) in [6.07, 6.45) is 2.96. The summed E-state index contributed by atoms with van der Waals surface area (Å²) >= 11 is 5.91. The highest BCUT2D eigenvalue weighted by molar-refractivity contribution is 6.31. The second kappa shape index (κ2) is 3.24. The minimum Gasteiger partial charge on any atom is -0.486 e. The number of rotatable bonds is 0. The number of benzene rings is 1. The van der Waals surface area contributed by atoms with E-state index in [2.05, 4.69) is 0 Å². The molecule has 1 fully saturated rings. The lowest BCUT2D eigenvalue weighted by molar-refractivity contribution is 0.0301. The van der Waals surface area contributed by atoms with Gasteiger partial charge in [-0.2, -0.15) is 0 Å². The zero-order valence-corrected chi connectivity index (χ0v) is 9.88. The molecule has 1 aromatic rings. The largest absolute Gasteiger partial charge is 0.486 e. The average Bonchev–Trinajstić information content (AvgIpc) is 2.62. The molecule has 0 bridgehead atoms. The van der Waals surface area contributed by atoms with E-state index in [1.165, 1.54) is 0 Å². The molecule has 84 valence electrons. The molecule has 16 heavy (non-hydrogen) atoms. The number of fused-ring (bicyclic) bond motifs is 2. The molecule has 2 nitrogen and oxygen atoms in total. The summed E-state index contributed by atoms with van der Waals surface area (Å²) < 4.78 is 5.99. The molecule has 1 saturated carbocycles. The number of ketones is 1. The molecule has 1 aliphatic heterocycles. The SMILES string of the molecule is C[C@]12CCC[C@H]1C(=O)c1cc(Cl)ccc1O2. The Labute approximate surface area is 99.6 Å². The maximum Gasteiger partial charge on any atom is 0.173 e. The van der Waals surface area contributed by atoms with Gasteiger partial charge in [0.2, 0.25) is 0 Å². The van der Waals surface area contributed by atoms with Crippen LogP contribution in [0.5, 0.6) is 5.75 Å². The summed E-state index contributed by atoms with van der Waals surface area (Å²) in [6.45, 7) is 2.04. The number of carbonyl (C=O) groups excluding carboxylic acids is 1. The van der Waals surface area contributed by atoms with Crippen LogP contribution in [0.3, 0.4) is 0 Å². The third-order valence-corrected chi connectivity index (χ3v) is 4.00. The van der Waals surface area contributed by atoms with Crippen molar-refractivity contribution >= 4 is 17.4 Å². The van der Waals surface area contributed by atoms with E-state index in [1.54, 1.807) is 18.2 Å². The monoisotopic (exact) mass is 236 g/mol. The van der Waals surface area contributed by atoms with Crippen molar-refractivity contribution < 1.29 is 9.53 Å². The van der Waals surface area contributed by atoms with Gasteiger partial charge in [-0.3, -0.25) is 4.79 Å². The number of Topliss-reactive ketones (excluding diaryl/α,β-unsaturated/α-hetero) is 1. The van der Waals surface area contributed by atoms with E-state index in [1.807, 2.05) is 6.92 Å². The third-order valence-electron chi connectivity index (χ3n) is 3.77. The van der Waals surface area contributed by atoms with E-state index < -0.39 is 0 Å². The van der Waals surface area contributed by atoms with Crippen molar-refractivity contribution in [3.63, 3.8) is 0 Å². The van der Waals surface area contributed by atoms with E-state index in [0.29, 0.717) is 16.3 Å². The number of hydrogen-bond acceptors (Lipinski definition) is 2. The molecule has 1 heterocycles. The van der Waals surface area contributed by atoms with E-state index in [4.69, 9.17) is 16.3 Å². The van der Waals surface area contributed by atoms with Crippen LogP contribution in [0.4, 0.5) is 0 Å². The van der Waals surface area contributed by atoms with Gasteiger partial charge in [-0.05, 0) is 44.4 Å². The van der Waals surface area contributed by atoms with Crippen molar-refractivity contribution in [1.29, 1.82) is 0 Å². The maximum absolute atomic E-state index is 12.3. The first-order valence-electron chi connectivity index (χ1n) is 5.63. The van der Waals surface area contributed by atoms with Crippen LogP contribution in [0.2, 0.25) is 5.02 Å². The number of halogens is 1. The fraction of sp³-hybridized carbons (Fsp3) is 0.462. The Kier molecular flexibility index (Phi) is 2.05. The van der Waals surface area contributed by atoms with Gasteiger partial charge in [0.15, 0.2) is 5.78 Å². The lowest BCUT2D eigenvalue weighted by Gasteiger charge is -2.36. The van der Waals surface area contributed by atoms with Crippen molar-refractivity contribution in [2.24, 2.45) is 5.92 Å². The number of hydrogen-bond donors (Lipinski definition) is 0. The summed E-state index contributed by atoms with van der Waals surface area (Å²) in [5.74, 6) is 0.900. The van der Waals surface area contributed by atoms with Crippen LogP contribution in [-0.2, 0) is 0 Å². The van der Waals surface area contributed by atoms with E-state index in [-0.39, 0.29) is 17.3 Å². The van der Waals surface area contributed by atoms with Gasteiger partial charge in [-0.15, -0.1) is 0 Å². The molecule has 0 amide bonds. The molecular weight excluding hydrogens is 224 g/mol. The van der Waals surface area contributed by atoms with E-state index in [0.717, 1.165) is 19.3 Å². The minimum atomic E-state index is -0.294. The van der Waals surface area contributed by atoms with Gasteiger partial charge in [-0.1, -0.05) is 11.6 Å². The van der Waals surface area contributed by atoms with Gasteiger partial charge in [-0.25, -0.2) is 0 Å². The normalized spacial score (nSPS) is 31.9. The van der Waals surface area contributed by atoms with Gasteiger partial charge in [0.1, 0.15) is 11.4 Å². The molecule has 0 N–H and O–H groups in total.